The first-order valence-electron chi connectivity index (χ1n) is 12.5. The van der Waals surface area contributed by atoms with Crippen molar-refractivity contribution in [2.75, 3.05) is 11.4 Å². The minimum Gasteiger partial charge on any atom is -0.666 e. The van der Waals surface area contributed by atoms with Gasteiger partial charge in [0, 0.05) is 31.6 Å². The van der Waals surface area contributed by atoms with Crippen molar-refractivity contribution in [1.29, 1.82) is 0 Å². The molecule has 3 rings (SSSR count). The van der Waals surface area contributed by atoms with Crippen LogP contribution in [0.4, 0.5) is 5.82 Å². The summed E-state index contributed by atoms with van der Waals surface area (Å²) in [5.41, 5.74) is 13.7. The van der Waals surface area contributed by atoms with Crippen LogP contribution in [-0.4, -0.2) is 79.9 Å². The topological polar surface area (TPSA) is 250 Å². The van der Waals surface area contributed by atoms with Gasteiger partial charge in [-0.3, -0.25) is 28.9 Å². The van der Waals surface area contributed by atoms with Crippen LogP contribution in [0.5, 0.6) is 0 Å². The Morgan fingerprint density at radius 2 is 1.93 bits per heavy atom. The number of carboxylic acid groups (broad SMARTS) is 1. The molecule has 7 N–H and O–H groups in total. The third-order valence-corrected chi connectivity index (χ3v) is 4.80. The van der Waals surface area contributed by atoms with E-state index in [-0.39, 0.29) is 63.8 Å². The van der Waals surface area contributed by atoms with Crippen LogP contribution in [0.1, 0.15) is 58.3 Å². The molecule has 0 aromatic carbocycles. The third kappa shape index (κ3) is 18.3. The van der Waals surface area contributed by atoms with Crippen molar-refractivity contribution in [3.8, 4) is 0 Å². The number of aromatic nitrogens is 5. The normalized spacial score (nSPS) is 13.2. The van der Waals surface area contributed by atoms with Gasteiger partial charge in [-0.05, 0) is 43.4 Å². The fourth-order valence-electron chi connectivity index (χ4n) is 3.09. The molecular formula is C24H39KN10O6. The molecule has 17 heteroatoms. The van der Waals surface area contributed by atoms with Crippen LogP contribution in [0.2, 0.25) is 0 Å². The van der Waals surface area contributed by atoms with Crippen LogP contribution in [0, 0.1) is 5.92 Å². The number of hydrogen-bond acceptors (Lipinski definition) is 9. The number of carbonyl (C=O) groups is 5. The first-order chi connectivity index (χ1) is 19.0. The van der Waals surface area contributed by atoms with Gasteiger partial charge in [0.2, 0.25) is 24.6 Å². The van der Waals surface area contributed by atoms with Crippen LogP contribution in [0.25, 0.3) is 5.73 Å². The molecule has 41 heavy (non-hydrogen) atoms. The molecule has 2 aromatic heterocycles. The van der Waals surface area contributed by atoms with Crippen LogP contribution in [0.15, 0.2) is 18.3 Å². The van der Waals surface area contributed by atoms with Gasteiger partial charge < -0.3 is 27.2 Å². The predicted octanol–water partition coefficient (Wildman–Crippen LogP) is -2.64. The van der Waals surface area contributed by atoms with Gasteiger partial charge in [-0.2, -0.15) is 5.21 Å². The number of primary amides is 1. The van der Waals surface area contributed by atoms with E-state index in [1.54, 1.807) is 6.20 Å². The van der Waals surface area contributed by atoms with E-state index in [1.165, 1.54) is 4.90 Å². The molecule has 0 bridgehead atoms. The zero-order valence-corrected chi connectivity index (χ0v) is 27.3. The van der Waals surface area contributed by atoms with Crippen LogP contribution in [0.3, 0.4) is 0 Å². The maximum atomic E-state index is 12.1. The number of aromatic amines is 1. The number of H-pyrrole nitrogens is 1. The molecule has 222 valence electrons. The Bertz CT molecular complexity index is 1040. The molecule has 3 heterocycles. The number of aliphatic carboxylic acids is 1. The minimum atomic E-state index is -1.15. The first kappa shape index (κ1) is 40.3. The molecule has 1 aliphatic heterocycles. The molecule has 2 aromatic rings. The number of nitrogens with one attached hydrogen (secondary N) is 4. The van der Waals surface area contributed by atoms with Crippen molar-refractivity contribution in [3.05, 3.63) is 35.5 Å². The number of carboxylic acids is 1. The largest absolute Gasteiger partial charge is 1.00 e. The molecule has 0 radical (unpaired) electrons. The SMILES string of the molecule is CC(C)CNC=O.CC1Cc2cccnc2N1C(=O)C([NH-])CC(N)=O.CCCC(=O)O.O=CNCc1nn[nH]n1.[K+]. The van der Waals surface area contributed by atoms with Gasteiger partial charge in [0.15, 0.2) is 5.82 Å². The van der Waals surface area contributed by atoms with Crippen LogP contribution >= 0.6 is 0 Å². The van der Waals surface area contributed by atoms with Crippen LogP contribution < -0.4 is 72.7 Å². The molecule has 0 saturated heterocycles. The second kappa shape index (κ2) is 23.8. The average molecular weight is 603 g/mol. The average Bonchev–Trinajstić information content (AvgIpc) is 3.53. The Kier molecular flexibility index (Phi) is 23.4. The van der Waals surface area contributed by atoms with E-state index < -0.39 is 23.8 Å². The number of anilines is 1. The Balaban J connectivity index is 0. The molecule has 16 nitrogen and oxygen atoms in total. The van der Waals surface area contributed by atoms with E-state index in [2.05, 4.69) is 50.1 Å². The molecule has 0 spiro atoms. The Morgan fingerprint density at radius 1 is 1.27 bits per heavy atom. The molecule has 2 atom stereocenters. The number of amides is 4. The number of rotatable bonds is 11. The Morgan fingerprint density at radius 3 is 2.37 bits per heavy atom. The maximum Gasteiger partial charge on any atom is 1.00 e. The van der Waals surface area contributed by atoms with Gasteiger partial charge in [0.25, 0.3) is 0 Å². The maximum absolute atomic E-state index is 12.1. The van der Waals surface area contributed by atoms with Crippen molar-refractivity contribution in [1.82, 2.24) is 36.2 Å². The summed E-state index contributed by atoms with van der Waals surface area (Å²) in [6.07, 6.45) is 4.40. The molecule has 0 fully saturated rings. The molecule has 1 aliphatic rings. The zero-order valence-electron chi connectivity index (χ0n) is 24.2. The number of tetrazole rings is 1. The van der Waals surface area contributed by atoms with E-state index in [0.717, 1.165) is 31.4 Å². The monoisotopic (exact) mass is 602 g/mol. The number of fused-ring (bicyclic) bond motifs is 1. The molecular weight excluding hydrogens is 563 g/mol. The molecule has 2 unspecified atom stereocenters. The summed E-state index contributed by atoms with van der Waals surface area (Å²) in [4.78, 5) is 57.5. The molecule has 0 aliphatic carbocycles. The van der Waals surface area contributed by atoms with Gasteiger partial charge in [-0.25, -0.2) is 4.98 Å². The standard InChI is InChI=1S/C12H15N4O2.C5H11NO.C4H8O2.C3H5N5O.K/c1-7-5-8-3-2-4-15-11(8)16(7)12(18)9(13)6-10(14)17;1-5(2)3-6-4-7;1-2-3-4(5)6;9-2-4-1-3-5-7-8-6-3;/h2-4,7,9,13H,5-6H2,1H3,(H2,14,17);4-5H,3H2,1-2H3,(H,6,7);2-3H2,1H3,(H,5,6);2H,1H2,(H,4,9)(H,5,6,7,8);/q-1;;;;+1. The minimum absolute atomic E-state index is 0. The van der Waals surface area contributed by atoms with E-state index in [9.17, 15) is 24.0 Å². The van der Waals surface area contributed by atoms with Crippen molar-refractivity contribution >= 4 is 36.4 Å². The number of nitrogens with two attached hydrogens (primary N) is 1. The summed E-state index contributed by atoms with van der Waals surface area (Å²) in [5, 5.41) is 25.6. The summed E-state index contributed by atoms with van der Waals surface area (Å²) in [7, 11) is 0. The Labute approximate surface area is 281 Å². The summed E-state index contributed by atoms with van der Waals surface area (Å²) in [5.74, 6) is -0.142. The molecule has 4 amide bonds. The van der Waals surface area contributed by atoms with Crippen LogP contribution in [-0.2, 0) is 36.9 Å². The molecule has 0 saturated carbocycles. The van der Waals surface area contributed by atoms with E-state index in [0.29, 0.717) is 36.9 Å². The zero-order chi connectivity index (χ0) is 30.5. The van der Waals surface area contributed by atoms with E-state index >= 15 is 0 Å². The van der Waals surface area contributed by atoms with E-state index in [1.807, 2.05) is 26.0 Å². The number of nitrogens with zero attached hydrogens (tertiary/aromatic N) is 5. The quantitative estimate of drug-likeness (QED) is 0.132. The number of pyridine rings is 1. The number of hydrogen-bond donors (Lipinski definition) is 5. The summed E-state index contributed by atoms with van der Waals surface area (Å²) in [6, 6.07) is 2.54. The van der Waals surface area contributed by atoms with Gasteiger partial charge in [0.1, 0.15) is 5.82 Å². The Hall–Kier alpha value is -2.83. The fourth-order valence-corrected chi connectivity index (χ4v) is 3.09. The van der Waals surface area contributed by atoms with Crippen molar-refractivity contribution < 1.29 is 80.5 Å². The summed E-state index contributed by atoms with van der Waals surface area (Å²) in [6.45, 7) is 8.95. The third-order valence-electron chi connectivity index (χ3n) is 4.80. The van der Waals surface area contributed by atoms with Gasteiger partial charge in [-0.15, -0.1) is 10.2 Å². The fraction of sp³-hybridized carbons (Fsp3) is 0.542. The van der Waals surface area contributed by atoms with Crippen molar-refractivity contribution in [2.45, 2.75) is 72.0 Å². The predicted molar refractivity (Wildman–Crippen MR) is 145 cm³/mol. The summed E-state index contributed by atoms with van der Waals surface area (Å²) < 4.78 is 0. The second-order valence-corrected chi connectivity index (χ2v) is 8.86. The van der Waals surface area contributed by atoms with Gasteiger partial charge >= 0.3 is 57.4 Å². The van der Waals surface area contributed by atoms with E-state index in [4.69, 9.17) is 16.6 Å². The van der Waals surface area contributed by atoms with Gasteiger partial charge in [-0.1, -0.05) is 32.1 Å². The van der Waals surface area contributed by atoms with Gasteiger partial charge in [0.05, 0.1) is 6.54 Å². The van der Waals surface area contributed by atoms with Crippen molar-refractivity contribution in [2.24, 2.45) is 11.7 Å². The summed E-state index contributed by atoms with van der Waals surface area (Å²) >= 11 is 0. The van der Waals surface area contributed by atoms with Crippen molar-refractivity contribution in [3.63, 3.8) is 0 Å². The second-order valence-electron chi connectivity index (χ2n) is 8.86. The smallest absolute Gasteiger partial charge is 0.666 e. The first-order valence-corrected chi connectivity index (χ1v) is 12.5. The number of carbonyl (C=O) groups excluding carboxylic acids is 4.